The second-order valence-electron chi connectivity index (χ2n) is 7.09. The molecule has 0 heterocycles. The van der Waals surface area contributed by atoms with Crippen molar-refractivity contribution in [3.8, 4) is 17.2 Å². The van der Waals surface area contributed by atoms with Gasteiger partial charge in [0.25, 0.3) is 0 Å². The first-order valence-corrected chi connectivity index (χ1v) is 10.0. The number of carbonyl (C=O) groups excluding carboxylic acids is 1. The minimum absolute atomic E-state index is 0.0541. The third kappa shape index (κ3) is 5.02. The lowest BCUT2D eigenvalue weighted by Crippen LogP contribution is -2.13. The fourth-order valence-corrected chi connectivity index (χ4v) is 3.26. The maximum Gasteiger partial charge on any atom is 0.343 e. The standard InChI is InChI=1S/C27H20O5/c28-26(29)24-13-7-10-21(18-19-8-3-1-4-9-19)25(24)32-27(30)20-14-16-23(17-15-20)31-22-11-5-2-6-12-22/h1-17H,18H2,(H,28,29). The van der Waals surface area contributed by atoms with Gasteiger partial charge in [-0.25, -0.2) is 9.59 Å². The van der Waals surface area contributed by atoms with Crippen LogP contribution in [0.2, 0.25) is 0 Å². The van der Waals surface area contributed by atoms with Gasteiger partial charge in [0.05, 0.1) is 5.56 Å². The number of para-hydroxylation sites is 2. The van der Waals surface area contributed by atoms with Gasteiger partial charge < -0.3 is 14.6 Å². The number of carboxylic acids is 1. The van der Waals surface area contributed by atoms with Crippen LogP contribution in [0.3, 0.4) is 0 Å². The first-order chi connectivity index (χ1) is 15.6. The maximum atomic E-state index is 12.8. The molecule has 0 atom stereocenters. The number of aromatic carboxylic acids is 1. The van der Waals surface area contributed by atoms with Crippen LogP contribution >= 0.6 is 0 Å². The van der Waals surface area contributed by atoms with Crippen molar-refractivity contribution in [1.82, 2.24) is 0 Å². The number of carboxylic acid groups (broad SMARTS) is 1. The summed E-state index contributed by atoms with van der Waals surface area (Å²) in [7, 11) is 0. The van der Waals surface area contributed by atoms with Crippen molar-refractivity contribution in [1.29, 1.82) is 0 Å². The molecule has 0 amide bonds. The molecule has 0 saturated carbocycles. The van der Waals surface area contributed by atoms with Gasteiger partial charge in [0.1, 0.15) is 22.8 Å². The molecule has 4 rings (SSSR count). The highest BCUT2D eigenvalue weighted by molar-refractivity contribution is 5.96. The number of hydrogen-bond acceptors (Lipinski definition) is 4. The zero-order valence-corrected chi connectivity index (χ0v) is 17.1. The van der Waals surface area contributed by atoms with Crippen LogP contribution in [0, 0.1) is 0 Å². The smallest absolute Gasteiger partial charge is 0.343 e. The number of ether oxygens (including phenoxy) is 2. The van der Waals surface area contributed by atoms with E-state index in [-0.39, 0.29) is 16.9 Å². The van der Waals surface area contributed by atoms with E-state index in [2.05, 4.69) is 0 Å². The normalized spacial score (nSPS) is 10.4. The van der Waals surface area contributed by atoms with Crippen molar-refractivity contribution in [3.05, 3.63) is 125 Å². The van der Waals surface area contributed by atoms with Gasteiger partial charge in [0, 0.05) is 12.0 Å². The number of esters is 1. The van der Waals surface area contributed by atoms with E-state index in [1.165, 1.54) is 6.07 Å². The number of rotatable bonds is 7. The molecule has 1 N–H and O–H groups in total. The van der Waals surface area contributed by atoms with Gasteiger partial charge >= 0.3 is 11.9 Å². The summed E-state index contributed by atoms with van der Waals surface area (Å²) in [5.41, 5.74) is 1.83. The van der Waals surface area contributed by atoms with Gasteiger partial charge in [0.2, 0.25) is 0 Å². The Labute approximate surface area is 185 Å². The molecule has 0 unspecified atom stereocenters. The predicted molar refractivity (Wildman–Crippen MR) is 121 cm³/mol. The largest absolute Gasteiger partial charge is 0.478 e. The van der Waals surface area contributed by atoms with Crippen LogP contribution in [-0.2, 0) is 6.42 Å². The second-order valence-corrected chi connectivity index (χ2v) is 7.09. The second kappa shape index (κ2) is 9.62. The summed E-state index contributed by atoms with van der Waals surface area (Å²) < 4.78 is 11.3. The van der Waals surface area contributed by atoms with Crippen molar-refractivity contribution < 1.29 is 24.2 Å². The molecular formula is C27H20O5. The van der Waals surface area contributed by atoms with Gasteiger partial charge in [-0.2, -0.15) is 0 Å². The van der Waals surface area contributed by atoms with Gasteiger partial charge in [-0.3, -0.25) is 0 Å². The first-order valence-electron chi connectivity index (χ1n) is 10.0. The molecule has 0 saturated heterocycles. The summed E-state index contributed by atoms with van der Waals surface area (Å²) >= 11 is 0. The minimum atomic E-state index is -1.16. The van der Waals surface area contributed by atoms with Crippen LogP contribution in [0.15, 0.2) is 103 Å². The molecule has 0 radical (unpaired) electrons. The molecule has 5 heteroatoms. The molecule has 0 fully saturated rings. The molecule has 4 aromatic carbocycles. The number of benzene rings is 4. The summed E-state index contributed by atoms with van der Waals surface area (Å²) in [6.45, 7) is 0. The lowest BCUT2D eigenvalue weighted by atomic mass is 10.0. The van der Waals surface area contributed by atoms with Gasteiger partial charge in [-0.05, 0) is 48.0 Å². The average Bonchev–Trinajstić information content (AvgIpc) is 2.82. The lowest BCUT2D eigenvalue weighted by Gasteiger charge is -2.13. The van der Waals surface area contributed by atoms with Crippen LogP contribution in [-0.4, -0.2) is 17.0 Å². The predicted octanol–water partition coefficient (Wildman–Crippen LogP) is 5.99. The van der Waals surface area contributed by atoms with Crippen molar-refractivity contribution in [2.24, 2.45) is 0 Å². The molecule has 0 bridgehead atoms. The van der Waals surface area contributed by atoms with E-state index < -0.39 is 11.9 Å². The summed E-state index contributed by atoms with van der Waals surface area (Å²) in [5.74, 6) is -0.487. The Morgan fingerprint density at radius 1 is 0.688 bits per heavy atom. The van der Waals surface area contributed by atoms with Crippen molar-refractivity contribution in [2.75, 3.05) is 0 Å². The number of carbonyl (C=O) groups is 2. The summed E-state index contributed by atoms with van der Waals surface area (Å²) in [5, 5.41) is 9.61. The lowest BCUT2D eigenvalue weighted by molar-refractivity contribution is 0.0680. The number of hydrogen-bond donors (Lipinski definition) is 1. The van der Waals surface area contributed by atoms with Crippen LogP contribution in [0.4, 0.5) is 0 Å². The van der Waals surface area contributed by atoms with Crippen molar-refractivity contribution in [2.45, 2.75) is 6.42 Å². The van der Waals surface area contributed by atoms with Crippen molar-refractivity contribution in [3.63, 3.8) is 0 Å². The molecule has 0 aliphatic carbocycles. The zero-order chi connectivity index (χ0) is 22.3. The molecule has 0 aliphatic rings. The van der Waals surface area contributed by atoms with E-state index in [0.717, 1.165) is 5.56 Å². The molecular weight excluding hydrogens is 404 g/mol. The Morgan fingerprint density at radius 2 is 1.31 bits per heavy atom. The van der Waals surface area contributed by atoms with Crippen LogP contribution in [0.1, 0.15) is 31.8 Å². The SMILES string of the molecule is O=C(Oc1c(Cc2ccccc2)cccc1C(=O)O)c1ccc(Oc2ccccc2)cc1. The molecule has 4 aromatic rings. The molecule has 0 aliphatic heterocycles. The summed E-state index contributed by atoms with van der Waals surface area (Å²) in [6, 6.07) is 30.2. The third-order valence-electron chi connectivity index (χ3n) is 4.83. The summed E-state index contributed by atoms with van der Waals surface area (Å²) in [4.78, 5) is 24.6. The highest BCUT2D eigenvalue weighted by Gasteiger charge is 2.20. The Kier molecular flexibility index (Phi) is 6.28. The molecule has 32 heavy (non-hydrogen) atoms. The minimum Gasteiger partial charge on any atom is -0.478 e. The Hall–Kier alpha value is -4.38. The fourth-order valence-electron chi connectivity index (χ4n) is 3.26. The monoisotopic (exact) mass is 424 g/mol. The Balaban J connectivity index is 1.56. The Morgan fingerprint density at radius 3 is 1.97 bits per heavy atom. The topological polar surface area (TPSA) is 72.8 Å². The van der Waals surface area contributed by atoms with Crippen LogP contribution in [0.5, 0.6) is 17.2 Å². The van der Waals surface area contributed by atoms with Crippen LogP contribution in [0.25, 0.3) is 0 Å². The van der Waals surface area contributed by atoms with E-state index in [1.807, 2.05) is 60.7 Å². The van der Waals surface area contributed by atoms with E-state index in [4.69, 9.17) is 9.47 Å². The molecule has 5 nitrogen and oxygen atoms in total. The van der Waals surface area contributed by atoms with Gasteiger partial charge in [0.15, 0.2) is 0 Å². The zero-order valence-electron chi connectivity index (χ0n) is 17.1. The maximum absolute atomic E-state index is 12.8. The van der Waals surface area contributed by atoms with E-state index in [9.17, 15) is 14.7 Å². The molecule has 0 spiro atoms. The van der Waals surface area contributed by atoms with Crippen LogP contribution < -0.4 is 9.47 Å². The van der Waals surface area contributed by atoms with E-state index >= 15 is 0 Å². The van der Waals surface area contributed by atoms with Gasteiger partial charge in [-0.15, -0.1) is 0 Å². The quantitative estimate of drug-likeness (QED) is 0.292. The van der Waals surface area contributed by atoms with E-state index in [0.29, 0.717) is 23.5 Å². The highest BCUT2D eigenvalue weighted by Crippen LogP contribution is 2.28. The summed E-state index contributed by atoms with van der Waals surface area (Å²) in [6.07, 6.45) is 0.439. The third-order valence-corrected chi connectivity index (χ3v) is 4.83. The highest BCUT2D eigenvalue weighted by atomic mass is 16.5. The first kappa shape index (κ1) is 20.9. The average molecular weight is 424 g/mol. The fraction of sp³-hybridized carbons (Fsp3) is 0.0370. The van der Waals surface area contributed by atoms with Gasteiger partial charge in [-0.1, -0.05) is 60.7 Å². The molecule has 0 aromatic heterocycles. The van der Waals surface area contributed by atoms with Crippen molar-refractivity contribution >= 4 is 11.9 Å². The Bertz CT molecular complexity index is 1220. The van der Waals surface area contributed by atoms with E-state index in [1.54, 1.807) is 36.4 Å². The molecule has 158 valence electrons.